The zero-order valence-electron chi connectivity index (χ0n) is 18.7. The number of nitrogens with zero attached hydrogens (tertiary/aromatic N) is 4. The van der Waals surface area contributed by atoms with Crippen LogP contribution in [0.4, 0.5) is 10.1 Å². The van der Waals surface area contributed by atoms with Crippen molar-refractivity contribution >= 4 is 22.3 Å². The van der Waals surface area contributed by atoms with Gasteiger partial charge in [-0.2, -0.15) is 5.10 Å². The summed E-state index contributed by atoms with van der Waals surface area (Å²) in [6.45, 7) is 9.45. The number of nitrogens with one attached hydrogen (secondary N) is 2. The second-order valence-electron chi connectivity index (χ2n) is 8.84. The zero-order valence-corrected chi connectivity index (χ0v) is 18.7. The van der Waals surface area contributed by atoms with Crippen LogP contribution in [0.5, 0.6) is 0 Å². The number of hydrogen-bond acceptors (Lipinski definition) is 5. The normalized spacial score (nSPS) is 15.1. The molecule has 5 rings (SSSR count). The van der Waals surface area contributed by atoms with Crippen molar-refractivity contribution in [3.63, 3.8) is 0 Å². The number of hydrogen-bond donors (Lipinski definition) is 2. The van der Waals surface area contributed by atoms with Crippen LogP contribution in [-0.2, 0) is 6.54 Å². The average molecular weight is 443 g/mol. The van der Waals surface area contributed by atoms with Gasteiger partial charge in [-0.05, 0) is 61.7 Å². The Labute approximate surface area is 192 Å². The van der Waals surface area contributed by atoms with Crippen molar-refractivity contribution in [1.82, 2.24) is 25.1 Å². The summed E-state index contributed by atoms with van der Waals surface area (Å²) in [5, 5.41) is 11.3. The summed E-state index contributed by atoms with van der Waals surface area (Å²) in [5.41, 5.74) is 5.03. The highest BCUT2D eigenvalue weighted by molar-refractivity contribution is 5.95. The number of rotatable bonds is 6. The third-order valence-electron chi connectivity index (χ3n) is 6.28. The first-order chi connectivity index (χ1) is 16.1. The predicted octanol–water partition coefficient (Wildman–Crippen LogP) is 5.47. The molecule has 7 heteroatoms. The Morgan fingerprint density at radius 1 is 1.18 bits per heavy atom. The number of piperidine rings is 1. The Bertz CT molecular complexity index is 1270. The fraction of sp³-hybridized carbons (Fsp3) is 0.269. The Kier molecular flexibility index (Phi) is 5.88. The molecule has 1 fully saturated rings. The van der Waals surface area contributed by atoms with Crippen molar-refractivity contribution in [2.45, 2.75) is 26.3 Å². The minimum absolute atomic E-state index is 0.311. The van der Waals surface area contributed by atoms with Crippen LogP contribution in [0.1, 0.15) is 31.0 Å². The van der Waals surface area contributed by atoms with E-state index in [0.717, 1.165) is 47.8 Å². The number of halogens is 1. The third-order valence-corrected chi connectivity index (χ3v) is 6.28. The van der Waals surface area contributed by atoms with Gasteiger partial charge >= 0.3 is 0 Å². The first-order valence-corrected chi connectivity index (χ1v) is 11.3. The number of aromatic nitrogens is 4. The number of aromatic amines is 1. The molecule has 6 nitrogen and oxygen atoms in total. The molecule has 0 saturated carbocycles. The van der Waals surface area contributed by atoms with Crippen LogP contribution >= 0.6 is 0 Å². The van der Waals surface area contributed by atoms with E-state index in [0.29, 0.717) is 22.5 Å². The van der Waals surface area contributed by atoms with Gasteiger partial charge in [0, 0.05) is 47.7 Å². The van der Waals surface area contributed by atoms with Gasteiger partial charge in [0.05, 0.1) is 23.1 Å². The highest BCUT2D eigenvalue weighted by Crippen LogP contribution is 2.31. The molecule has 0 atom stereocenters. The quantitative estimate of drug-likeness (QED) is 0.414. The van der Waals surface area contributed by atoms with Crippen molar-refractivity contribution in [3.05, 3.63) is 78.8 Å². The molecule has 0 aliphatic carbocycles. The molecule has 0 bridgehead atoms. The fourth-order valence-corrected chi connectivity index (χ4v) is 4.36. The van der Waals surface area contributed by atoms with E-state index in [1.165, 1.54) is 18.9 Å². The molecule has 0 amide bonds. The van der Waals surface area contributed by atoms with E-state index in [4.69, 9.17) is 0 Å². The molecule has 1 saturated heterocycles. The number of benzene rings is 1. The maximum Gasteiger partial charge on any atom is 0.133 e. The maximum atomic E-state index is 15.1. The zero-order chi connectivity index (χ0) is 22.8. The standard InChI is InChI=1S/C26H27FN6/c1-17-5-8-33(9-6-17)16-19-10-20(14-29-13-19)22-11-23-25(12-24(22)27)31-32-26(23)18(2)30-21-4-3-7-28-15-21/h3-4,7,10-15,17,30H,2,5-6,8-9,16H2,1H3,(H,31,32). The van der Waals surface area contributed by atoms with Crippen molar-refractivity contribution in [3.8, 4) is 11.1 Å². The van der Waals surface area contributed by atoms with Gasteiger partial charge in [-0.3, -0.25) is 20.0 Å². The van der Waals surface area contributed by atoms with Gasteiger partial charge in [0.1, 0.15) is 11.5 Å². The van der Waals surface area contributed by atoms with Crippen molar-refractivity contribution in [2.24, 2.45) is 5.92 Å². The van der Waals surface area contributed by atoms with Gasteiger partial charge in [-0.1, -0.05) is 13.5 Å². The third kappa shape index (κ3) is 4.64. The monoisotopic (exact) mass is 442 g/mol. The summed E-state index contributed by atoms with van der Waals surface area (Å²) in [4.78, 5) is 11.0. The highest BCUT2D eigenvalue weighted by Gasteiger charge is 2.18. The second kappa shape index (κ2) is 9.11. The lowest BCUT2D eigenvalue weighted by atomic mass is 9.98. The lowest BCUT2D eigenvalue weighted by molar-refractivity contribution is 0.185. The van der Waals surface area contributed by atoms with Gasteiger partial charge in [0.15, 0.2) is 0 Å². The number of pyridine rings is 2. The van der Waals surface area contributed by atoms with Crippen LogP contribution in [-0.4, -0.2) is 38.2 Å². The smallest absolute Gasteiger partial charge is 0.133 e. The molecule has 0 spiro atoms. The number of likely N-dealkylation sites (tertiary alicyclic amines) is 1. The molecule has 3 aromatic heterocycles. The van der Waals surface area contributed by atoms with E-state index in [-0.39, 0.29) is 5.82 Å². The molecule has 4 heterocycles. The molecular weight excluding hydrogens is 415 g/mol. The Morgan fingerprint density at radius 3 is 2.82 bits per heavy atom. The minimum atomic E-state index is -0.311. The number of H-pyrrole nitrogens is 1. The second-order valence-corrected chi connectivity index (χ2v) is 8.84. The van der Waals surface area contributed by atoms with Gasteiger partial charge in [0.25, 0.3) is 0 Å². The van der Waals surface area contributed by atoms with Crippen LogP contribution in [0.2, 0.25) is 0 Å². The van der Waals surface area contributed by atoms with Crippen LogP contribution in [0.3, 0.4) is 0 Å². The van der Waals surface area contributed by atoms with Crippen LogP contribution in [0.15, 0.2) is 61.7 Å². The number of fused-ring (bicyclic) bond motifs is 1. The van der Waals surface area contributed by atoms with E-state index in [2.05, 4.69) is 43.9 Å². The summed E-state index contributed by atoms with van der Waals surface area (Å²) in [6.07, 6.45) is 9.46. The van der Waals surface area contributed by atoms with Crippen molar-refractivity contribution in [2.75, 3.05) is 18.4 Å². The molecule has 33 heavy (non-hydrogen) atoms. The predicted molar refractivity (Wildman–Crippen MR) is 130 cm³/mol. The van der Waals surface area contributed by atoms with Crippen LogP contribution < -0.4 is 5.32 Å². The van der Waals surface area contributed by atoms with Crippen molar-refractivity contribution < 1.29 is 4.39 Å². The Hall–Kier alpha value is -3.58. The number of anilines is 1. The van der Waals surface area contributed by atoms with Gasteiger partial charge in [-0.15, -0.1) is 0 Å². The fourth-order valence-electron chi connectivity index (χ4n) is 4.36. The van der Waals surface area contributed by atoms with E-state index in [1.807, 2.05) is 30.5 Å². The molecule has 1 aliphatic heterocycles. The van der Waals surface area contributed by atoms with Gasteiger partial charge in [-0.25, -0.2) is 4.39 Å². The molecule has 4 aromatic rings. The molecule has 0 unspecified atom stereocenters. The lowest BCUT2D eigenvalue weighted by Crippen LogP contribution is -2.32. The van der Waals surface area contributed by atoms with Crippen LogP contribution in [0.25, 0.3) is 27.7 Å². The molecule has 0 radical (unpaired) electrons. The first kappa shape index (κ1) is 21.3. The summed E-state index contributed by atoms with van der Waals surface area (Å²) in [5.74, 6) is 0.479. The maximum absolute atomic E-state index is 15.1. The highest BCUT2D eigenvalue weighted by atomic mass is 19.1. The van der Waals surface area contributed by atoms with Gasteiger partial charge < -0.3 is 5.32 Å². The molecule has 1 aromatic carbocycles. The summed E-state index contributed by atoms with van der Waals surface area (Å²) in [6, 6.07) is 9.09. The molecule has 2 N–H and O–H groups in total. The topological polar surface area (TPSA) is 69.7 Å². The molecular formula is C26H27FN6. The van der Waals surface area contributed by atoms with Gasteiger partial charge in [0.2, 0.25) is 0 Å². The average Bonchev–Trinajstić information content (AvgIpc) is 3.24. The summed E-state index contributed by atoms with van der Waals surface area (Å²) < 4.78 is 15.1. The largest absolute Gasteiger partial charge is 0.353 e. The van der Waals surface area contributed by atoms with Crippen molar-refractivity contribution in [1.29, 1.82) is 0 Å². The Morgan fingerprint density at radius 2 is 2.03 bits per heavy atom. The first-order valence-electron chi connectivity index (χ1n) is 11.3. The van der Waals surface area contributed by atoms with E-state index < -0.39 is 0 Å². The summed E-state index contributed by atoms with van der Waals surface area (Å²) >= 11 is 0. The Balaban J connectivity index is 1.43. The summed E-state index contributed by atoms with van der Waals surface area (Å²) in [7, 11) is 0. The van der Waals surface area contributed by atoms with E-state index in [1.54, 1.807) is 18.6 Å². The van der Waals surface area contributed by atoms with Crippen LogP contribution in [0, 0.1) is 11.7 Å². The molecule has 1 aliphatic rings. The van der Waals surface area contributed by atoms with E-state index >= 15 is 4.39 Å². The minimum Gasteiger partial charge on any atom is -0.353 e. The SMILES string of the molecule is C=C(Nc1cccnc1)c1n[nH]c2cc(F)c(-c3cncc(CN4CCC(C)CC4)c3)cc12. The van der Waals surface area contributed by atoms with E-state index in [9.17, 15) is 0 Å². The lowest BCUT2D eigenvalue weighted by Gasteiger charge is -2.30. The molecule has 168 valence electrons.